The van der Waals surface area contributed by atoms with Crippen LogP contribution >= 0.6 is 0 Å². The van der Waals surface area contributed by atoms with Crippen LogP contribution in [0.5, 0.6) is 0 Å². The van der Waals surface area contributed by atoms with Crippen LogP contribution in [-0.4, -0.2) is 40.2 Å². The van der Waals surface area contributed by atoms with Crippen LogP contribution in [0.1, 0.15) is 32.9 Å². The molecule has 3 rings (SSSR count). The van der Waals surface area contributed by atoms with Gasteiger partial charge >= 0.3 is 6.09 Å². The van der Waals surface area contributed by atoms with Gasteiger partial charge < -0.3 is 14.6 Å². The van der Waals surface area contributed by atoms with Crippen molar-refractivity contribution < 1.29 is 18.8 Å². The number of nitrogens with one attached hydrogen (secondary N) is 1. The third-order valence-electron chi connectivity index (χ3n) is 3.83. The second-order valence-corrected chi connectivity index (χ2v) is 6.82. The summed E-state index contributed by atoms with van der Waals surface area (Å²) in [7, 11) is 0. The summed E-state index contributed by atoms with van der Waals surface area (Å²) in [5.41, 5.74) is 0.774. The fourth-order valence-electron chi connectivity index (χ4n) is 2.55. The lowest BCUT2D eigenvalue weighted by Gasteiger charge is -2.40. The van der Waals surface area contributed by atoms with E-state index in [1.165, 1.54) is 4.90 Å². The van der Waals surface area contributed by atoms with E-state index in [0.717, 1.165) is 5.39 Å². The number of rotatable bonds is 3. The van der Waals surface area contributed by atoms with E-state index in [4.69, 9.17) is 9.26 Å². The SMILES string of the molecule is CC(C)(C)OC(=O)N1CC[C@@H]1C(=O)NCc1noc2ccccc12. The molecule has 24 heavy (non-hydrogen) atoms. The number of benzene rings is 1. The lowest BCUT2D eigenvalue weighted by Crippen LogP contribution is -2.59. The molecule has 1 aliphatic rings. The molecule has 0 aliphatic carbocycles. The third kappa shape index (κ3) is 3.34. The first-order chi connectivity index (χ1) is 11.3. The number of para-hydroxylation sites is 1. The lowest BCUT2D eigenvalue weighted by atomic mass is 10.0. The van der Waals surface area contributed by atoms with Crippen molar-refractivity contribution in [2.45, 2.75) is 45.4 Å². The Kier molecular flexibility index (Phi) is 4.17. The van der Waals surface area contributed by atoms with Crippen LogP contribution in [0.15, 0.2) is 28.8 Å². The summed E-state index contributed by atoms with van der Waals surface area (Å²) in [4.78, 5) is 25.8. The van der Waals surface area contributed by atoms with Gasteiger partial charge in [-0.15, -0.1) is 0 Å². The summed E-state index contributed by atoms with van der Waals surface area (Å²) in [5.74, 6) is -0.209. The van der Waals surface area contributed by atoms with Crippen LogP contribution < -0.4 is 5.32 Å². The first kappa shape index (κ1) is 16.3. The van der Waals surface area contributed by atoms with E-state index in [1.54, 1.807) is 20.8 Å². The van der Waals surface area contributed by atoms with E-state index in [0.29, 0.717) is 24.2 Å². The van der Waals surface area contributed by atoms with Gasteiger partial charge in [-0.3, -0.25) is 9.69 Å². The molecule has 0 spiro atoms. The van der Waals surface area contributed by atoms with Crippen molar-refractivity contribution in [1.82, 2.24) is 15.4 Å². The Labute approximate surface area is 139 Å². The first-order valence-corrected chi connectivity index (χ1v) is 7.96. The van der Waals surface area contributed by atoms with Gasteiger partial charge in [-0.1, -0.05) is 17.3 Å². The van der Waals surface area contributed by atoms with Gasteiger partial charge in [-0.2, -0.15) is 0 Å². The minimum Gasteiger partial charge on any atom is -0.444 e. The highest BCUT2D eigenvalue weighted by Crippen LogP contribution is 2.22. The predicted octanol–water partition coefficient (Wildman–Crippen LogP) is 2.45. The Morgan fingerprint density at radius 2 is 2.12 bits per heavy atom. The zero-order valence-corrected chi connectivity index (χ0v) is 14.0. The van der Waals surface area contributed by atoms with Crippen LogP contribution in [0, 0.1) is 0 Å². The molecule has 7 nitrogen and oxygen atoms in total. The number of ether oxygens (including phenoxy) is 1. The Morgan fingerprint density at radius 1 is 1.38 bits per heavy atom. The van der Waals surface area contributed by atoms with Gasteiger partial charge in [0.05, 0.1) is 6.54 Å². The molecule has 128 valence electrons. The third-order valence-corrected chi connectivity index (χ3v) is 3.83. The average Bonchev–Trinajstić information content (AvgIpc) is 2.85. The number of aromatic nitrogens is 1. The molecule has 1 aromatic carbocycles. The number of fused-ring (bicyclic) bond motifs is 1. The zero-order valence-electron chi connectivity index (χ0n) is 14.0. The number of carbonyl (C=O) groups is 2. The number of amides is 2. The molecule has 0 unspecified atom stereocenters. The van der Waals surface area contributed by atoms with Crippen LogP contribution in [0.2, 0.25) is 0 Å². The molecule has 2 amide bonds. The van der Waals surface area contributed by atoms with Crippen molar-refractivity contribution in [3.63, 3.8) is 0 Å². The normalized spacial score (nSPS) is 17.5. The Hall–Kier alpha value is -2.57. The second-order valence-electron chi connectivity index (χ2n) is 6.82. The van der Waals surface area contributed by atoms with Gasteiger partial charge in [0.25, 0.3) is 0 Å². The monoisotopic (exact) mass is 331 g/mol. The molecule has 1 N–H and O–H groups in total. The maximum absolute atomic E-state index is 12.3. The average molecular weight is 331 g/mol. The predicted molar refractivity (Wildman–Crippen MR) is 87.2 cm³/mol. The van der Waals surface area contributed by atoms with Gasteiger partial charge in [-0.05, 0) is 39.3 Å². The number of hydrogen-bond acceptors (Lipinski definition) is 5. The largest absolute Gasteiger partial charge is 0.444 e. The summed E-state index contributed by atoms with van der Waals surface area (Å²) in [5, 5.41) is 7.66. The summed E-state index contributed by atoms with van der Waals surface area (Å²) in [6.45, 7) is 6.19. The van der Waals surface area contributed by atoms with Crippen LogP contribution in [-0.2, 0) is 16.1 Å². The number of carbonyl (C=O) groups excluding carboxylic acids is 2. The van der Waals surface area contributed by atoms with Crippen molar-refractivity contribution >= 4 is 23.0 Å². The fourth-order valence-corrected chi connectivity index (χ4v) is 2.55. The molecular formula is C17H21N3O4. The number of hydrogen-bond donors (Lipinski definition) is 1. The minimum atomic E-state index is -0.576. The van der Waals surface area contributed by atoms with E-state index >= 15 is 0 Å². The molecule has 1 saturated heterocycles. The van der Waals surface area contributed by atoms with E-state index in [2.05, 4.69) is 10.5 Å². The molecule has 2 heterocycles. The highest BCUT2D eigenvalue weighted by molar-refractivity contribution is 5.87. The maximum atomic E-state index is 12.3. The summed E-state index contributed by atoms with van der Waals surface area (Å²) in [6, 6.07) is 6.98. The molecule has 0 radical (unpaired) electrons. The van der Waals surface area contributed by atoms with Gasteiger partial charge in [0.1, 0.15) is 17.3 Å². The fraction of sp³-hybridized carbons (Fsp3) is 0.471. The number of nitrogens with zero attached hydrogens (tertiary/aromatic N) is 2. The van der Waals surface area contributed by atoms with E-state index in [1.807, 2.05) is 24.3 Å². The van der Waals surface area contributed by atoms with Crippen molar-refractivity contribution in [2.24, 2.45) is 0 Å². The first-order valence-electron chi connectivity index (χ1n) is 7.96. The van der Waals surface area contributed by atoms with Gasteiger partial charge in [0.2, 0.25) is 5.91 Å². The van der Waals surface area contributed by atoms with Gasteiger partial charge in [0, 0.05) is 11.9 Å². The Morgan fingerprint density at radius 3 is 2.79 bits per heavy atom. The summed E-state index contributed by atoms with van der Waals surface area (Å²) in [6.07, 6.45) is 0.172. The molecule has 1 aromatic heterocycles. The molecule has 7 heteroatoms. The van der Waals surface area contributed by atoms with Crippen LogP contribution in [0.3, 0.4) is 0 Å². The molecule has 1 fully saturated rings. The minimum absolute atomic E-state index is 0.209. The molecular weight excluding hydrogens is 310 g/mol. The zero-order chi connectivity index (χ0) is 17.3. The molecule has 2 aromatic rings. The van der Waals surface area contributed by atoms with E-state index < -0.39 is 17.7 Å². The maximum Gasteiger partial charge on any atom is 0.410 e. The quantitative estimate of drug-likeness (QED) is 0.934. The highest BCUT2D eigenvalue weighted by Gasteiger charge is 2.39. The van der Waals surface area contributed by atoms with Gasteiger partial charge in [0.15, 0.2) is 5.58 Å². The lowest BCUT2D eigenvalue weighted by molar-refractivity contribution is -0.130. The summed E-state index contributed by atoms with van der Waals surface area (Å²) < 4.78 is 10.5. The molecule has 1 aliphatic heterocycles. The van der Waals surface area contributed by atoms with Crippen LogP contribution in [0.25, 0.3) is 11.0 Å². The molecule has 0 saturated carbocycles. The van der Waals surface area contributed by atoms with Crippen molar-refractivity contribution in [2.75, 3.05) is 6.54 Å². The Balaban J connectivity index is 1.58. The van der Waals surface area contributed by atoms with E-state index in [9.17, 15) is 9.59 Å². The highest BCUT2D eigenvalue weighted by atomic mass is 16.6. The smallest absolute Gasteiger partial charge is 0.410 e. The van der Waals surface area contributed by atoms with Crippen LogP contribution in [0.4, 0.5) is 4.79 Å². The van der Waals surface area contributed by atoms with E-state index in [-0.39, 0.29) is 12.5 Å². The van der Waals surface area contributed by atoms with Crippen molar-refractivity contribution in [3.05, 3.63) is 30.0 Å². The molecule has 0 bridgehead atoms. The standard InChI is InChI=1S/C17H21N3O4/c1-17(2,3)23-16(22)20-9-8-13(20)15(21)18-10-12-11-6-4-5-7-14(11)24-19-12/h4-7,13H,8-10H2,1-3H3,(H,18,21)/t13-/m1/s1. The van der Waals surface area contributed by atoms with Crippen molar-refractivity contribution in [3.8, 4) is 0 Å². The topological polar surface area (TPSA) is 84.7 Å². The van der Waals surface area contributed by atoms with Crippen molar-refractivity contribution in [1.29, 1.82) is 0 Å². The van der Waals surface area contributed by atoms with Gasteiger partial charge in [-0.25, -0.2) is 4.79 Å². The number of likely N-dealkylation sites (tertiary alicyclic amines) is 1. The molecule has 1 atom stereocenters. The second kappa shape index (κ2) is 6.14. The summed E-state index contributed by atoms with van der Waals surface area (Å²) >= 11 is 0. The Bertz CT molecular complexity index is 763.